The van der Waals surface area contributed by atoms with Crippen molar-refractivity contribution in [2.45, 2.75) is 46.1 Å². The summed E-state index contributed by atoms with van der Waals surface area (Å²) < 4.78 is 5.95. The van der Waals surface area contributed by atoms with Gasteiger partial charge in [0.05, 0.1) is 13.0 Å². The zero-order valence-electron chi connectivity index (χ0n) is 24.2. The van der Waals surface area contributed by atoms with E-state index in [1.165, 1.54) is 11.3 Å². The van der Waals surface area contributed by atoms with Gasteiger partial charge in [-0.05, 0) is 61.5 Å². The Hall–Kier alpha value is -3.34. The number of aromatic nitrogens is 2. The van der Waals surface area contributed by atoms with Gasteiger partial charge in [-0.2, -0.15) is 0 Å². The second-order valence-corrected chi connectivity index (χ2v) is 11.3. The van der Waals surface area contributed by atoms with E-state index in [-0.39, 0.29) is 11.8 Å². The smallest absolute Gasteiger partial charge is 0.251 e. The molecule has 0 spiro atoms. The Morgan fingerprint density at radius 1 is 1.00 bits per heavy atom. The summed E-state index contributed by atoms with van der Waals surface area (Å²) in [7, 11) is 0. The monoisotopic (exact) mass is 578 g/mol. The molecule has 0 atom stereocenters. The standard InChI is InChI=1S/C31H42N6O3S/c1-3-36(4-2)20-17-32-29(39)27-12-10-26(11-13-27)23-40-21-16-24-14-18-37(19-15-24)31-35-34-30(41-31)33-28(38)22-25-8-6-5-7-9-25/h5-13,24H,3-4,14-23H2,1-2H3,(H,32,39)(H,33,34,38). The molecule has 1 aromatic heterocycles. The van der Waals surface area contributed by atoms with Crippen molar-refractivity contribution in [3.8, 4) is 0 Å². The number of hydrogen-bond acceptors (Lipinski definition) is 8. The number of rotatable bonds is 15. The third-order valence-corrected chi connectivity index (χ3v) is 8.42. The Labute approximate surface area is 247 Å². The predicted molar refractivity (Wildman–Crippen MR) is 164 cm³/mol. The highest BCUT2D eigenvalue weighted by atomic mass is 32.1. The van der Waals surface area contributed by atoms with Crippen LogP contribution < -0.4 is 15.5 Å². The van der Waals surface area contributed by atoms with Crippen LogP contribution in [0.3, 0.4) is 0 Å². The van der Waals surface area contributed by atoms with Gasteiger partial charge in [-0.1, -0.05) is 67.6 Å². The van der Waals surface area contributed by atoms with E-state index < -0.39 is 0 Å². The Morgan fingerprint density at radius 3 is 2.44 bits per heavy atom. The summed E-state index contributed by atoms with van der Waals surface area (Å²) in [4.78, 5) is 29.2. The van der Waals surface area contributed by atoms with Crippen LogP contribution in [0.25, 0.3) is 0 Å². The van der Waals surface area contributed by atoms with Crippen molar-refractivity contribution in [1.82, 2.24) is 20.4 Å². The largest absolute Gasteiger partial charge is 0.377 e. The van der Waals surface area contributed by atoms with Gasteiger partial charge in [-0.3, -0.25) is 9.59 Å². The first-order valence-electron chi connectivity index (χ1n) is 14.6. The molecule has 0 aliphatic carbocycles. The molecule has 9 nitrogen and oxygen atoms in total. The van der Waals surface area contributed by atoms with E-state index in [1.54, 1.807) is 0 Å². The van der Waals surface area contributed by atoms with Gasteiger partial charge in [-0.25, -0.2) is 0 Å². The second kappa shape index (κ2) is 16.2. The van der Waals surface area contributed by atoms with Gasteiger partial charge in [0.25, 0.3) is 5.91 Å². The molecule has 2 N–H and O–H groups in total. The second-order valence-electron chi connectivity index (χ2n) is 10.4. The number of carbonyl (C=O) groups is 2. The summed E-state index contributed by atoms with van der Waals surface area (Å²) in [5.74, 6) is 0.501. The highest BCUT2D eigenvalue weighted by Crippen LogP contribution is 2.29. The average molecular weight is 579 g/mol. The third-order valence-electron chi connectivity index (χ3n) is 7.52. The van der Waals surface area contributed by atoms with E-state index in [4.69, 9.17) is 4.74 Å². The lowest BCUT2D eigenvalue weighted by molar-refractivity contribution is -0.115. The lowest BCUT2D eigenvalue weighted by atomic mass is 9.94. The summed E-state index contributed by atoms with van der Waals surface area (Å²) in [5, 5.41) is 15.7. The minimum absolute atomic E-state index is 0.0338. The zero-order chi connectivity index (χ0) is 28.9. The maximum absolute atomic E-state index is 12.4. The first kappa shape index (κ1) is 30.6. The van der Waals surface area contributed by atoms with Gasteiger partial charge in [0.1, 0.15) is 0 Å². The molecule has 10 heteroatoms. The Bertz CT molecular complexity index is 1210. The number of nitrogens with zero attached hydrogens (tertiary/aromatic N) is 4. The maximum atomic E-state index is 12.4. The van der Waals surface area contributed by atoms with Crippen LogP contribution in [-0.2, 0) is 22.6 Å². The van der Waals surface area contributed by atoms with Crippen LogP contribution >= 0.6 is 11.3 Å². The summed E-state index contributed by atoms with van der Waals surface area (Å²) in [6.45, 7) is 10.9. The number of nitrogens with one attached hydrogen (secondary N) is 2. The van der Waals surface area contributed by atoms with Gasteiger partial charge in [0, 0.05) is 38.3 Å². The van der Waals surface area contributed by atoms with E-state index >= 15 is 0 Å². The van der Waals surface area contributed by atoms with Crippen LogP contribution in [0.2, 0.25) is 0 Å². The third kappa shape index (κ3) is 9.91. The molecule has 4 rings (SSSR count). The van der Waals surface area contributed by atoms with E-state index in [9.17, 15) is 9.59 Å². The molecule has 1 aliphatic heterocycles. The van der Waals surface area contributed by atoms with Crippen LogP contribution in [0, 0.1) is 5.92 Å². The van der Waals surface area contributed by atoms with Gasteiger partial charge < -0.3 is 25.2 Å². The van der Waals surface area contributed by atoms with Crippen LogP contribution in [0.1, 0.15) is 54.6 Å². The number of likely N-dealkylation sites (N-methyl/N-ethyl adjacent to an activating group) is 1. The van der Waals surface area contributed by atoms with E-state index in [0.29, 0.717) is 42.8 Å². The van der Waals surface area contributed by atoms with E-state index in [1.807, 2.05) is 54.6 Å². The van der Waals surface area contributed by atoms with Crippen molar-refractivity contribution in [3.63, 3.8) is 0 Å². The van der Waals surface area contributed by atoms with E-state index in [0.717, 1.165) is 68.2 Å². The molecule has 3 aromatic rings. The van der Waals surface area contributed by atoms with Crippen molar-refractivity contribution < 1.29 is 14.3 Å². The normalized spacial score (nSPS) is 13.9. The van der Waals surface area contributed by atoms with Gasteiger partial charge in [0.15, 0.2) is 0 Å². The minimum atomic E-state index is -0.0829. The number of amides is 2. The fourth-order valence-electron chi connectivity index (χ4n) is 4.91. The summed E-state index contributed by atoms with van der Waals surface area (Å²) in [6, 6.07) is 17.4. The summed E-state index contributed by atoms with van der Waals surface area (Å²) in [5.41, 5.74) is 2.72. The molecule has 1 fully saturated rings. The highest BCUT2D eigenvalue weighted by Gasteiger charge is 2.22. The van der Waals surface area contributed by atoms with Gasteiger partial charge in [0.2, 0.25) is 16.2 Å². The number of anilines is 2. The van der Waals surface area contributed by atoms with Crippen LogP contribution in [0.15, 0.2) is 54.6 Å². The van der Waals surface area contributed by atoms with Crippen molar-refractivity contribution in [1.29, 1.82) is 0 Å². The van der Waals surface area contributed by atoms with Crippen molar-refractivity contribution in [3.05, 3.63) is 71.3 Å². The summed E-state index contributed by atoms with van der Waals surface area (Å²) >= 11 is 1.43. The van der Waals surface area contributed by atoms with Crippen molar-refractivity contribution in [2.24, 2.45) is 5.92 Å². The molecule has 220 valence electrons. The fourth-order valence-corrected chi connectivity index (χ4v) is 5.73. The minimum Gasteiger partial charge on any atom is -0.377 e. The van der Waals surface area contributed by atoms with Crippen molar-refractivity contribution in [2.75, 3.05) is 56.1 Å². The molecule has 0 saturated carbocycles. The lowest BCUT2D eigenvalue weighted by Crippen LogP contribution is -2.34. The molecule has 0 radical (unpaired) electrons. The Kier molecular flexibility index (Phi) is 12.1. The molecule has 2 amide bonds. The molecule has 1 saturated heterocycles. The first-order valence-corrected chi connectivity index (χ1v) is 15.4. The quantitative estimate of drug-likeness (QED) is 0.254. The van der Waals surface area contributed by atoms with Crippen LogP contribution in [0.5, 0.6) is 0 Å². The van der Waals surface area contributed by atoms with Gasteiger partial charge >= 0.3 is 0 Å². The molecule has 2 heterocycles. The zero-order valence-corrected chi connectivity index (χ0v) is 25.0. The summed E-state index contributed by atoms with van der Waals surface area (Å²) in [6.07, 6.45) is 3.51. The number of carbonyl (C=O) groups excluding carboxylic acids is 2. The van der Waals surface area contributed by atoms with Crippen molar-refractivity contribution >= 4 is 33.4 Å². The average Bonchev–Trinajstić information content (AvgIpc) is 3.47. The highest BCUT2D eigenvalue weighted by molar-refractivity contribution is 7.19. The molecule has 1 aliphatic rings. The molecular formula is C31H42N6O3S. The molecule has 2 aromatic carbocycles. The number of piperidine rings is 1. The number of benzene rings is 2. The van der Waals surface area contributed by atoms with E-state index in [2.05, 4.69) is 44.5 Å². The van der Waals surface area contributed by atoms with Crippen LogP contribution in [0.4, 0.5) is 10.3 Å². The molecule has 0 bridgehead atoms. The fraction of sp³-hybridized carbons (Fsp3) is 0.484. The predicted octanol–water partition coefficient (Wildman–Crippen LogP) is 4.61. The molecule has 0 unspecified atom stereocenters. The number of hydrogen-bond donors (Lipinski definition) is 2. The maximum Gasteiger partial charge on any atom is 0.251 e. The topological polar surface area (TPSA) is 99.7 Å². The number of ether oxygens (including phenoxy) is 1. The Balaban J connectivity index is 1.10. The molecule has 41 heavy (non-hydrogen) atoms. The Morgan fingerprint density at radius 2 is 1.73 bits per heavy atom. The SMILES string of the molecule is CCN(CC)CCNC(=O)c1ccc(COCCC2CCN(c3nnc(NC(=O)Cc4ccccc4)s3)CC2)cc1. The van der Waals surface area contributed by atoms with Gasteiger partial charge in [-0.15, -0.1) is 10.2 Å². The van der Waals surface area contributed by atoms with Crippen LogP contribution in [-0.4, -0.2) is 72.8 Å². The molecular weight excluding hydrogens is 536 g/mol. The first-order chi connectivity index (χ1) is 20.0. The lowest BCUT2D eigenvalue weighted by Gasteiger charge is -2.31.